The number of hydrogen-bond donors (Lipinski definition) is 1. The van der Waals surface area contributed by atoms with Crippen molar-refractivity contribution < 1.29 is 4.79 Å². The number of alkyl halides is 1. The molecule has 1 aromatic rings. The highest BCUT2D eigenvalue weighted by atomic mass is 79.9. The minimum absolute atomic E-state index is 0.0104. The van der Waals surface area contributed by atoms with Gasteiger partial charge in [0.05, 0.1) is 6.42 Å². The quantitative estimate of drug-likeness (QED) is 0.851. The molecule has 0 atom stereocenters. The molecule has 0 aliphatic heterocycles. The van der Waals surface area contributed by atoms with Crippen molar-refractivity contribution in [1.82, 2.24) is 5.32 Å². The second-order valence-electron chi connectivity index (χ2n) is 4.37. The second-order valence-corrected chi connectivity index (χ2v) is 5.56. The normalized spacial score (nSPS) is 11.2. The smallest absolute Gasteiger partial charge is 0.224 e. The minimum atomic E-state index is -0.356. The van der Waals surface area contributed by atoms with E-state index in [1.807, 2.05) is 38.1 Å². The second kappa shape index (κ2) is 5.69. The van der Waals surface area contributed by atoms with Crippen LogP contribution in [0.2, 0.25) is 0 Å². The number of rotatable bonds is 4. The number of carbonyl (C=O) groups excluding carboxylic acids is 1. The van der Waals surface area contributed by atoms with Crippen LogP contribution in [0.25, 0.3) is 0 Å². The molecular weight excluding hydrogens is 289 g/mol. The van der Waals surface area contributed by atoms with E-state index in [2.05, 4.69) is 21.2 Å². The fourth-order valence-corrected chi connectivity index (χ4v) is 1.80. The van der Waals surface area contributed by atoms with Gasteiger partial charge in [-0.1, -0.05) is 28.1 Å². The highest BCUT2D eigenvalue weighted by Crippen LogP contribution is 2.12. The van der Waals surface area contributed by atoms with E-state index in [4.69, 9.17) is 11.6 Å². The Bertz CT molecular complexity index is 379. The molecule has 0 spiro atoms. The zero-order chi connectivity index (χ0) is 12.2. The summed E-state index contributed by atoms with van der Waals surface area (Å²) in [5, 5.41) is 2.89. The molecule has 0 aliphatic rings. The van der Waals surface area contributed by atoms with Crippen LogP contribution in [0.4, 0.5) is 0 Å². The van der Waals surface area contributed by atoms with Crippen LogP contribution in [-0.4, -0.2) is 17.3 Å². The molecule has 0 unspecified atom stereocenters. The highest BCUT2D eigenvalue weighted by molar-refractivity contribution is 9.10. The van der Waals surface area contributed by atoms with E-state index in [1.165, 1.54) is 0 Å². The van der Waals surface area contributed by atoms with Gasteiger partial charge < -0.3 is 5.32 Å². The largest absolute Gasteiger partial charge is 0.350 e. The number of nitrogens with one attached hydrogen (secondary N) is 1. The van der Waals surface area contributed by atoms with Crippen LogP contribution in [0.5, 0.6) is 0 Å². The van der Waals surface area contributed by atoms with Gasteiger partial charge in [0.2, 0.25) is 5.91 Å². The highest BCUT2D eigenvalue weighted by Gasteiger charge is 2.18. The third-order valence-corrected chi connectivity index (χ3v) is 3.23. The molecule has 1 rings (SSSR count). The molecule has 88 valence electrons. The van der Waals surface area contributed by atoms with Crippen molar-refractivity contribution in [2.24, 2.45) is 0 Å². The summed E-state index contributed by atoms with van der Waals surface area (Å²) in [6.07, 6.45) is 0.375. The van der Waals surface area contributed by atoms with E-state index in [0.29, 0.717) is 12.3 Å². The van der Waals surface area contributed by atoms with E-state index in [9.17, 15) is 4.79 Å². The Kier molecular flexibility index (Phi) is 4.81. The summed E-state index contributed by atoms with van der Waals surface area (Å²) in [7, 11) is 0. The van der Waals surface area contributed by atoms with E-state index in [-0.39, 0.29) is 11.4 Å². The molecule has 1 N–H and O–H groups in total. The standard InChI is InChI=1S/C12H15BrClNO/c1-12(2,8-14)15-11(16)7-9-4-3-5-10(13)6-9/h3-6H,7-8H2,1-2H3,(H,15,16). The lowest BCUT2D eigenvalue weighted by Crippen LogP contribution is -2.45. The number of halogens is 2. The van der Waals surface area contributed by atoms with Gasteiger partial charge in [-0.3, -0.25) is 4.79 Å². The summed E-state index contributed by atoms with van der Waals surface area (Å²) in [6.45, 7) is 3.80. The molecular formula is C12H15BrClNO. The van der Waals surface area contributed by atoms with E-state index < -0.39 is 0 Å². The van der Waals surface area contributed by atoms with Crippen LogP contribution >= 0.6 is 27.5 Å². The summed E-state index contributed by atoms with van der Waals surface area (Å²) in [5.41, 5.74) is 0.627. The fraction of sp³-hybridized carbons (Fsp3) is 0.417. The molecule has 2 nitrogen and oxygen atoms in total. The molecule has 1 amide bonds. The Labute approximate surface area is 110 Å². The molecule has 0 aliphatic carbocycles. The Morgan fingerprint density at radius 1 is 1.50 bits per heavy atom. The van der Waals surface area contributed by atoms with Crippen LogP contribution in [0.3, 0.4) is 0 Å². The van der Waals surface area contributed by atoms with Gasteiger partial charge in [0.1, 0.15) is 0 Å². The number of carbonyl (C=O) groups is 1. The first kappa shape index (κ1) is 13.5. The minimum Gasteiger partial charge on any atom is -0.350 e. The molecule has 0 saturated heterocycles. The van der Waals surface area contributed by atoms with Crippen LogP contribution < -0.4 is 5.32 Å². The van der Waals surface area contributed by atoms with Crippen LogP contribution in [0.15, 0.2) is 28.7 Å². The van der Waals surface area contributed by atoms with Crippen LogP contribution in [0.1, 0.15) is 19.4 Å². The third kappa shape index (κ3) is 4.54. The van der Waals surface area contributed by atoms with Crippen molar-refractivity contribution in [2.45, 2.75) is 25.8 Å². The summed E-state index contributed by atoms with van der Waals surface area (Å²) < 4.78 is 0.981. The fourth-order valence-electron chi connectivity index (χ4n) is 1.29. The Morgan fingerprint density at radius 3 is 2.75 bits per heavy atom. The van der Waals surface area contributed by atoms with Gasteiger partial charge in [0, 0.05) is 15.9 Å². The van der Waals surface area contributed by atoms with Crippen LogP contribution in [0, 0.1) is 0 Å². The van der Waals surface area contributed by atoms with Crippen molar-refractivity contribution >= 4 is 33.4 Å². The topological polar surface area (TPSA) is 29.1 Å². The summed E-state index contributed by atoms with van der Waals surface area (Å²) in [4.78, 5) is 11.7. The van der Waals surface area contributed by atoms with Crippen molar-refractivity contribution in [1.29, 1.82) is 0 Å². The summed E-state index contributed by atoms with van der Waals surface area (Å²) >= 11 is 9.12. The van der Waals surface area contributed by atoms with Gasteiger partial charge in [0.25, 0.3) is 0 Å². The molecule has 0 saturated carbocycles. The summed E-state index contributed by atoms with van der Waals surface area (Å²) in [6, 6.07) is 7.72. The maximum atomic E-state index is 11.7. The third-order valence-electron chi connectivity index (χ3n) is 2.07. The maximum absolute atomic E-state index is 11.7. The zero-order valence-electron chi connectivity index (χ0n) is 9.39. The molecule has 1 aromatic carbocycles. The van der Waals surface area contributed by atoms with E-state index in [1.54, 1.807) is 0 Å². The Balaban J connectivity index is 2.59. The lowest BCUT2D eigenvalue weighted by atomic mass is 10.1. The first-order valence-electron chi connectivity index (χ1n) is 5.04. The summed E-state index contributed by atoms with van der Waals surface area (Å²) in [5.74, 6) is 0.390. The SMILES string of the molecule is CC(C)(CCl)NC(=O)Cc1cccc(Br)c1. The Morgan fingerprint density at radius 2 is 2.19 bits per heavy atom. The molecule has 0 heterocycles. The van der Waals surface area contributed by atoms with Crippen molar-refractivity contribution in [3.05, 3.63) is 34.3 Å². The number of hydrogen-bond acceptors (Lipinski definition) is 1. The van der Waals surface area contributed by atoms with E-state index >= 15 is 0 Å². The van der Waals surface area contributed by atoms with Gasteiger partial charge >= 0.3 is 0 Å². The predicted octanol–water partition coefficient (Wildman–Crippen LogP) is 3.13. The molecule has 0 bridgehead atoms. The molecule has 4 heteroatoms. The number of amides is 1. The van der Waals surface area contributed by atoms with Crippen molar-refractivity contribution in [3.63, 3.8) is 0 Å². The number of benzene rings is 1. The Hall–Kier alpha value is -0.540. The van der Waals surface area contributed by atoms with Crippen molar-refractivity contribution in [3.8, 4) is 0 Å². The van der Waals surface area contributed by atoms with Gasteiger partial charge in [-0.05, 0) is 31.5 Å². The maximum Gasteiger partial charge on any atom is 0.224 e. The average molecular weight is 305 g/mol. The molecule has 16 heavy (non-hydrogen) atoms. The van der Waals surface area contributed by atoms with Crippen molar-refractivity contribution in [2.75, 3.05) is 5.88 Å². The monoisotopic (exact) mass is 303 g/mol. The average Bonchev–Trinajstić information content (AvgIpc) is 2.16. The van der Waals surface area contributed by atoms with Gasteiger partial charge in [-0.25, -0.2) is 0 Å². The predicted molar refractivity (Wildman–Crippen MR) is 70.8 cm³/mol. The molecule has 0 aromatic heterocycles. The first-order valence-corrected chi connectivity index (χ1v) is 6.37. The zero-order valence-corrected chi connectivity index (χ0v) is 11.7. The molecule has 0 radical (unpaired) electrons. The first-order chi connectivity index (χ1) is 7.43. The van der Waals surface area contributed by atoms with Gasteiger partial charge in [-0.15, -0.1) is 11.6 Å². The lowest BCUT2D eigenvalue weighted by molar-refractivity contribution is -0.121. The lowest BCUT2D eigenvalue weighted by Gasteiger charge is -2.23. The van der Waals surface area contributed by atoms with E-state index in [0.717, 1.165) is 10.0 Å². The van der Waals surface area contributed by atoms with Gasteiger partial charge in [-0.2, -0.15) is 0 Å². The van der Waals surface area contributed by atoms with Gasteiger partial charge in [0.15, 0.2) is 0 Å². The molecule has 0 fully saturated rings. The van der Waals surface area contributed by atoms with Crippen LogP contribution in [-0.2, 0) is 11.2 Å².